The second kappa shape index (κ2) is 10.4. The zero-order chi connectivity index (χ0) is 22.3. The molecule has 6 nitrogen and oxygen atoms in total. The minimum atomic E-state index is -0.530. The summed E-state index contributed by atoms with van der Waals surface area (Å²) in [4.78, 5) is 18.7. The van der Waals surface area contributed by atoms with Crippen molar-refractivity contribution in [2.75, 3.05) is 36.5 Å². The van der Waals surface area contributed by atoms with Gasteiger partial charge in [0.15, 0.2) is 11.6 Å². The summed E-state index contributed by atoms with van der Waals surface area (Å²) in [5.41, 5.74) is 2.17. The van der Waals surface area contributed by atoms with Crippen LogP contribution in [-0.4, -0.2) is 37.2 Å². The zero-order valence-electron chi connectivity index (χ0n) is 17.1. The van der Waals surface area contributed by atoms with Crippen molar-refractivity contribution in [2.45, 2.75) is 0 Å². The van der Waals surface area contributed by atoms with Crippen LogP contribution >= 0.6 is 15.9 Å². The highest BCUT2D eigenvalue weighted by molar-refractivity contribution is 9.10. The summed E-state index contributed by atoms with van der Waals surface area (Å²) in [6, 6.07) is 13.7. The van der Waals surface area contributed by atoms with E-state index in [0.717, 1.165) is 23.2 Å². The number of pyridine rings is 1. The summed E-state index contributed by atoms with van der Waals surface area (Å²) >= 11 is 3.45. The summed E-state index contributed by atoms with van der Waals surface area (Å²) in [7, 11) is 0. The third-order valence-electron chi connectivity index (χ3n) is 4.81. The topological polar surface area (TPSA) is 63.7 Å². The van der Waals surface area contributed by atoms with E-state index in [1.165, 1.54) is 24.4 Å². The van der Waals surface area contributed by atoms with Crippen LogP contribution in [0.2, 0.25) is 0 Å². The molecule has 0 saturated carbocycles. The van der Waals surface area contributed by atoms with Gasteiger partial charge in [0.1, 0.15) is 5.75 Å². The highest BCUT2D eigenvalue weighted by Crippen LogP contribution is 2.30. The standard InChI is InChI=1S/C24H21BrFN3O3/c25-18-5-6-22(29-10-12-31-13-11-29)21(15-18)28-24(30)8-4-17-3-7-23(20(26)14-17)32-19-2-1-9-27-16-19/h1-9,14-16H,10-13H2,(H,28,30)/b8-4+. The molecule has 1 saturated heterocycles. The fourth-order valence-corrected chi connectivity index (χ4v) is 3.63. The van der Waals surface area contributed by atoms with Crippen LogP contribution in [0.4, 0.5) is 15.8 Å². The van der Waals surface area contributed by atoms with Crippen molar-refractivity contribution < 1.29 is 18.7 Å². The molecule has 8 heteroatoms. The van der Waals surface area contributed by atoms with Crippen molar-refractivity contribution >= 4 is 39.3 Å². The molecule has 1 N–H and O–H groups in total. The van der Waals surface area contributed by atoms with E-state index in [1.807, 2.05) is 18.2 Å². The molecule has 1 aliphatic rings. The molecule has 1 aromatic heterocycles. The predicted molar refractivity (Wildman–Crippen MR) is 126 cm³/mol. The van der Waals surface area contributed by atoms with Crippen LogP contribution in [0.15, 0.2) is 71.5 Å². The Kier molecular flexibility index (Phi) is 7.14. The molecule has 4 rings (SSSR count). The van der Waals surface area contributed by atoms with E-state index >= 15 is 0 Å². The van der Waals surface area contributed by atoms with Crippen molar-refractivity contribution in [3.8, 4) is 11.5 Å². The van der Waals surface area contributed by atoms with Crippen molar-refractivity contribution in [1.29, 1.82) is 0 Å². The SMILES string of the molecule is O=C(/C=C/c1ccc(Oc2cccnc2)c(F)c1)Nc1cc(Br)ccc1N1CCOCC1. The third-order valence-corrected chi connectivity index (χ3v) is 5.31. The van der Waals surface area contributed by atoms with Gasteiger partial charge < -0.3 is 19.7 Å². The molecule has 32 heavy (non-hydrogen) atoms. The van der Waals surface area contributed by atoms with Crippen LogP contribution < -0.4 is 15.0 Å². The summed E-state index contributed by atoms with van der Waals surface area (Å²) in [5.74, 6) is -0.310. The lowest BCUT2D eigenvalue weighted by molar-refractivity contribution is -0.111. The van der Waals surface area contributed by atoms with E-state index in [-0.39, 0.29) is 11.7 Å². The lowest BCUT2D eigenvalue weighted by atomic mass is 10.2. The number of nitrogens with zero attached hydrogens (tertiary/aromatic N) is 2. The van der Waals surface area contributed by atoms with Gasteiger partial charge in [-0.15, -0.1) is 0 Å². The Bertz CT molecular complexity index is 1120. The molecule has 0 radical (unpaired) electrons. The molecular weight excluding hydrogens is 477 g/mol. The van der Waals surface area contributed by atoms with Crippen LogP contribution in [0.25, 0.3) is 6.08 Å². The van der Waals surface area contributed by atoms with Crippen molar-refractivity contribution in [2.24, 2.45) is 0 Å². The maximum absolute atomic E-state index is 14.4. The highest BCUT2D eigenvalue weighted by Gasteiger charge is 2.16. The second-order valence-electron chi connectivity index (χ2n) is 7.06. The number of anilines is 2. The average molecular weight is 498 g/mol. The number of carbonyl (C=O) groups excluding carboxylic acids is 1. The van der Waals surface area contributed by atoms with E-state index in [2.05, 4.69) is 31.1 Å². The first-order valence-corrected chi connectivity index (χ1v) is 10.9. The number of aromatic nitrogens is 1. The van der Waals surface area contributed by atoms with E-state index in [4.69, 9.17) is 9.47 Å². The Balaban J connectivity index is 1.44. The number of nitrogens with one attached hydrogen (secondary N) is 1. The van der Waals surface area contributed by atoms with E-state index in [0.29, 0.717) is 30.2 Å². The molecule has 164 valence electrons. The molecule has 0 unspecified atom stereocenters. The van der Waals surface area contributed by atoms with Gasteiger partial charge in [0.05, 0.1) is 30.8 Å². The second-order valence-corrected chi connectivity index (χ2v) is 7.98. The Morgan fingerprint density at radius 2 is 2.03 bits per heavy atom. The summed E-state index contributed by atoms with van der Waals surface area (Å²) in [5, 5.41) is 2.91. The summed E-state index contributed by atoms with van der Waals surface area (Å²) in [6.07, 6.45) is 6.05. The molecule has 1 fully saturated rings. The molecule has 1 aliphatic heterocycles. The van der Waals surface area contributed by atoms with Gasteiger partial charge in [-0.05, 0) is 54.1 Å². The lowest BCUT2D eigenvalue weighted by Gasteiger charge is -2.30. The monoisotopic (exact) mass is 497 g/mol. The first-order valence-electron chi connectivity index (χ1n) is 10.1. The lowest BCUT2D eigenvalue weighted by Crippen LogP contribution is -2.36. The van der Waals surface area contributed by atoms with Crippen LogP contribution in [0.5, 0.6) is 11.5 Å². The zero-order valence-corrected chi connectivity index (χ0v) is 18.7. The normalized spacial score (nSPS) is 13.9. The average Bonchev–Trinajstić information content (AvgIpc) is 2.81. The highest BCUT2D eigenvalue weighted by atomic mass is 79.9. The van der Waals surface area contributed by atoms with Gasteiger partial charge in [-0.3, -0.25) is 9.78 Å². The number of halogens is 2. The van der Waals surface area contributed by atoms with Crippen molar-refractivity contribution in [3.63, 3.8) is 0 Å². The molecule has 2 aromatic carbocycles. The maximum atomic E-state index is 14.4. The quantitative estimate of drug-likeness (QED) is 0.470. The van der Waals surface area contributed by atoms with Gasteiger partial charge in [-0.1, -0.05) is 22.0 Å². The minimum absolute atomic E-state index is 0.0869. The van der Waals surface area contributed by atoms with Crippen LogP contribution in [0.3, 0.4) is 0 Å². The number of benzene rings is 2. The van der Waals surface area contributed by atoms with Gasteiger partial charge in [0.25, 0.3) is 0 Å². The summed E-state index contributed by atoms with van der Waals surface area (Å²) in [6.45, 7) is 2.81. The molecule has 2 heterocycles. The predicted octanol–water partition coefficient (Wildman–Crippen LogP) is 5.26. The Morgan fingerprint density at radius 3 is 2.78 bits per heavy atom. The number of hydrogen-bond acceptors (Lipinski definition) is 5. The minimum Gasteiger partial charge on any atom is -0.453 e. The van der Waals surface area contributed by atoms with E-state index in [9.17, 15) is 9.18 Å². The first-order chi connectivity index (χ1) is 15.6. The van der Waals surface area contributed by atoms with E-state index in [1.54, 1.807) is 30.5 Å². The fourth-order valence-electron chi connectivity index (χ4n) is 3.27. The van der Waals surface area contributed by atoms with Gasteiger partial charge in [0, 0.05) is 29.8 Å². The number of morpholine rings is 1. The maximum Gasteiger partial charge on any atom is 0.248 e. The Labute approximate surface area is 193 Å². The molecule has 0 atom stereocenters. The number of carbonyl (C=O) groups is 1. The molecule has 1 amide bonds. The third kappa shape index (κ3) is 5.72. The number of amides is 1. The fraction of sp³-hybridized carbons (Fsp3) is 0.167. The van der Waals surface area contributed by atoms with Crippen LogP contribution in [0.1, 0.15) is 5.56 Å². The largest absolute Gasteiger partial charge is 0.453 e. The first kappa shape index (κ1) is 22.0. The van der Waals surface area contributed by atoms with Crippen LogP contribution in [0, 0.1) is 5.82 Å². The molecule has 0 aliphatic carbocycles. The van der Waals surface area contributed by atoms with Crippen molar-refractivity contribution in [1.82, 2.24) is 4.98 Å². The molecule has 0 spiro atoms. The van der Waals surface area contributed by atoms with Gasteiger partial charge >= 0.3 is 0 Å². The molecule has 0 bridgehead atoms. The summed E-state index contributed by atoms with van der Waals surface area (Å²) < 4.78 is 26.2. The molecular formula is C24H21BrFN3O3. The van der Waals surface area contributed by atoms with Crippen LogP contribution in [-0.2, 0) is 9.53 Å². The number of rotatable bonds is 6. The van der Waals surface area contributed by atoms with Crippen molar-refractivity contribution in [3.05, 3.63) is 82.9 Å². The van der Waals surface area contributed by atoms with E-state index < -0.39 is 5.82 Å². The smallest absolute Gasteiger partial charge is 0.248 e. The molecule has 3 aromatic rings. The van der Waals surface area contributed by atoms with Gasteiger partial charge in [-0.2, -0.15) is 0 Å². The number of ether oxygens (including phenoxy) is 2. The number of hydrogen-bond donors (Lipinski definition) is 1. The Hall–Kier alpha value is -3.23. The van der Waals surface area contributed by atoms with Gasteiger partial charge in [0.2, 0.25) is 5.91 Å². The Morgan fingerprint density at radius 1 is 1.19 bits per heavy atom. The van der Waals surface area contributed by atoms with Gasteiger partial charge in [-0.25, -0.2) is 4.39 Å².